The van der Waals surface area contributed by atoms with Crippen molar-refractivity contribution in [2.75, 3.05) is 10.9 Å². The minimum absolute atomic E-state index is 1.03. The first-order chi connectivity index (χ1) is 5.29. The van der Waals surface area contributed by atoms with E-state index < -0.39 is 0 Å². The largest absolute Gasteiger partial charge is 0.301 e. The molecular weight excluding hydrogens is 274 g/mol. The van der Waals surface area contributed by atoms with Gasteiger partial charge in [-0.25, -0.2) is 0 Å². The molecule has 0 radical (unpaired) electrons. The monoisotopic (exact) mass is 277 g/mol. The molecule has 0 saturated heterocycles. The number of benzene rings is 1. The topological polar surface area (TPSA) is 36.1 Å². The van der Waals surface area contributed by atoms with Crippen LogP contribution < -0.4 is 16.4 Å². The van der Waals surface area contributed by atoms with Gasteiger partial charge in [-0.1, -0.05) is 0 Å². The number of fused-ring (bicyclic) bond motifs is 1. The van der Waals surface area contributed by atoms with Crippen molar-refractivity contribution >= 4 is 43.2 Å². The minimum atomic E-state index is 1.03. The summed E-state index contributed by atoms with van der Waals surface area (Å²) < 4.78 is 2.07. The molecule has 0 spiro atoms. The number of rotatable bonds is 0. The quantitative estimate of drug-likeness (QED) is 0.682. The summed E-state index contributed by atoms with van der Waals surface area (Å²) in [6.45, 7) is 0. The van der Waals surface area contributed by atoms with Crippen LogP contribution in [0.1, 0.15) is 0 Å². The molecule has 1 aliphatic heterocycles. The van der Waals surface area contributed by atoms with Crippen molar-refractivity contribution in [2.45, 2.75) is 0 Å². The lowest BCUT2D eigenvalue weighted by Gasteiger charge is -2.01. The van der Waals surface area contributed by atoms with Gasteiger partial charge >= 0.3 is 0 Å². The van der Waals surface area contributed by atoms with Gasteiger partial charge in [0.05, 0.1) is 11.4 Å². The average molecular weight is 279 g/mol. The molecule has 11 heavy (non-hydrogen) atoms. The summed E-state index contributed by atoms with van der Waals surface area (Å²) in [7, 11) is 0. The van der Waals surface area contributed by atoms with E-state index in [-0.39, 0.29) is 0 Å². The molecular formula is C6H5Br2N3. The second-order valence-corrected chi connectivity index (χ2v) is 3.86. The van der Waals surface area contributed by atoms with E-state index in [1.165, 1.54) is 0 Å². The molecule has 0 bridgehead atoms. The highest BCUT2D eigenvalue weighted by molar-refractivity contribution is 9.11. The molecule has 58 valence electrons. The lowest BCUT2D eigenvalue weighted by Crippen LogP contribution is -2.19. The molecule has 3 N–H and O–H groups in total. The van der Waals surface area contributed by atoms with Gasteiger partial charge in [-0.3, -0.25) is 0 Å². The van der Waals surface area contributed by atoms with Crippen molar-refractivity contribution < 1.29 is 0 Å². The van der Waals surface area contributed by atoms with Crippen molar-refractivity contribution in [2.24, 2.45) is 0 Å². The maximum absolute atomic E-state index is 3.42. The van der Waals surface area contributed by atoms with E-state index in [1.54, 1.807) is 0 Å². The molecule has 0 unspecified atom stereocenters. The van der Waals surface area contributed by atoms with E-state index in [1.807, 2.05) is 12.1 Å². The van der Waals surface area contributed by atoms with Crippen molar-refractivity contribution in [3.05, 3.63) is 21.1 Å². The molecule has 1 aromatic carbocycles. The van der Waals surface area contributed by atoms with Gasteiger partial charge < -0.3 is 10.9 Å². The molecule has 1 aromatic rings. The Morgan fingerprint density at radius 1 is 0.909 bits per heavy atom. The zero-order valence-corrected chi connectivity index (χ0v) is 8.58. The molecule has 0 fully saturated rings. The van der Waals surface area contributed by atoms with Crippen molar-refractivity contribution in [3.8, 4) is 0 Å². The number of anilines is 2. The van der Waals surface area contributed by atoms with E-state index in [2.05, 4.69) is 48.2 Å². The molecule has 0 atom stereocenters. The van der Waals surface area contributed by atoms with Gasteiger partial charge in [0.2, 0.25) is 0 Å². The first kappa shape index (κ1) is 7.39. The Labute approximate surface area is 80.8 Å². The first-order valence-electron chi connectivity index (χ1n) is 3.04. The van der Waals surface area contributed by atoms with Crippen LogP contribution in [0.25, 0.3) is 0 Å². The molecule has 5 heteroatoms. The molecule has 0 saturated carbocycles. The van der Waals surface area contributed by atoms with Crippen LogP contribution in [0.15, 0.2) is 21.1 Å². The summed E-state index contributed by atoms with van der Waals surface area (Å²) in [5.41, 5.74) is 10.8. The van der Waals surface area contributed by atoms with Crippen molar-refractivity contribution in [3.63, 3.8) is 0 Å². The lowest BCUT2D eigenvalue weighted by atomic mass is 10.3. The maximum atomic E-state index is 3.42. The molecule has 0 amide bonds. The average Bonchev–Trinajstić information content (AvgIpc) is 2.45. The molecule has 1 heterocycles. The highest BCUT2D eigenvalue weighted by atomic mass is 79.9. The number of nitrogens with one attached hydrogen (secondary N) is 3. The van der Waals surface area contributed by atoms with Crippen LogP contribution in [0.2, 0.25) is 0 Å². The smallest absolute Gasteiger partial charge is 0.0904 e. The Kier molecular flexibility index (Phi) is 1.78. The Hall–Kier alpha value is -0.260. The van der Waals surface area contributed by atoms with E-state index in [0.29, 0.717) is 0 Å². The predicted molar refractivity (Wildman–Crippen MR) is 52.2 cm³/mol. The van der Waals surface area contributed by atoms with Crippen LogP contribution in [0, 0.1) is 0 Å². The Balaban J connectivity index is 2.64. The van der Waals surface area contributed by atoms with Crippen LogP contribution in [0.5, 0.6) is 0 Å². The zero-order chi connectivity index (χ0) is 7.84. The lowest BCUT2D eigenvalue weighted by molar-refractivity contribution is 1.00. The van der Waals surface area contributed by atoms with Gasteiger partial charge in [0.15, 0.2) is 0 Å². The van der Waals surface area contributed by atoms with E-state index in [0.717, 1.165) is 20.3 Å². The summed E-state index contributed by atoms with van der Waals surface area (Å²) in [5.74, 6) is 0. The summed E-state index contributed by atoms with van der Waals surface area (Å²) in [6.07, 6.45) is 0. The fourth-order valence-electron chi connectivity index (χ4n) is 0.952. The summed E-state index contributed by atoms with van der Waals surface area (Å²) >= 11 is 6.84. The molecule has 1 aliphatic rings. The van der Waals surface area contributed by atoms with Crippen LogP contribution in [0.3, 0.4) is 0 Å². The van der Waals surface area contributed by atoms with E-state index >= 15 is 0 Å². The molecule has 0 aromatic heterocycles. The van der Waals surface area contributed by atoms with Crippen molar-refractivity contribution in [1.82, 2.24) is 5.53 Å². The number of hydrogen-bond donors (Lipinski definition) is 3. The third-order valence-electron chi connectivity index (χ3n) is 1.48. The highest BCUT2D eigenvalue weighted by Gasteiger charge is 2.14. The summed E-state index contributed by atoms with van der Waals surface area (Å²) in [6, 6.07) is 3.95. The fourth-order valence-corrected chi connectivity index (χ4v) is 1.81. The summed E-state index contributed by atoms with van der Waals surface area (Å²) in [5, 5.41) is 0. The van der Waals surface area contributed by atoms with Gasteiger partial charge in [0.25, 0.3) is 0 Å². The van der Waals surface area contributed by atoms with Crippen molar-refractivity contribution in [1.29, 1.82) is 0 Å². The second kappa shape index (κ2) is 2.66. The van der Waals surface area contributed by atoms with E-state index in [9.17, 15) is 0 Å². The Morgan fingerprint density at radius 2 is 1.36 bits per heavy atom. The van der Waals surface area contributed by atoms with Crippen LogP contribution in [-0.2, 0) is 0 Å². The number of hydrazine groups is 2. The molecule has 3 nitrogen and oxygen atoms in total. The molecule has 2 rings (SSSR count). The second-order valence-electron chi connectivity index (χ2n) is 2.15. The van der Waals surface area contributed by atoms with Gasteiger partial charge in [0, 0.05) is 8.95 Å². The summed E-state index contributed by atoms with van der Waals surface area (Å²) in [4.78, 5) is 0. The predicted octanol–water partition coefficient (Wildman–Crippen LogP) is 2.47. The van der Waals surface area contributed by atoms with Gasteiger partial charge in [-0.05, 0) is 44.0 Å². The third-order valence-corrected chi connectivity index (χ3v) is 2.80. The minimum Gasteiger partial charge on any atom is -0.301 e. The van der Waals surface area contributed by atoms with Gasteiger partial charge in [0.1, 0.15) is 0 Å². The first-order valence-corrected chi connectivity index (χ1v) is 4.62. The van der Waals surface area contributed by atoms with Crippen LogP contribution in [-0.4, -0.2) is 0 Å². The van der Waals surface area contributed by atoms with E-state index in [4.69, 9.17) is 0 Å². The SMILES string of the molecule is Brc1ccc(Br)c2c1NNN2. The van der Waals surface area contributed by atoms with Gasteiger partial charge in [-0.2, -0.15) is 0 Å². The van der Waals surface area contributed by atoms with Crippen LogP contribution >= 0.6 is 31.9 Å². The zero-order valence-electron chi connectivity index (χ0n) is 5.41. The fraction of sp³-hybridized carbons (Fsp3) is 0. The highest BCUT2D eigenvalue weighted by Crippen LogP contribution is 2.38. The number of hydrogen-bond acceptors (Lipinski definition) is 3. The maximum Gasteiger partial charge on any atom is 0.0904 e. The Bertz CT molecular complexity index is 271. The number of halogens is 2. The standard InChI is InChI=1S/C6H5Br2N3/c7-3-1-2-4(8)6-5(3)9-11-10-6/h1-2,9-11H. The molecule has 0 aliphatic carbocycles. The third kappa shape index (κ3) is 1.13. The normalized spacial score (nSPS) is 13.6. The van der Waals surface area contributed by atoms with Crippen LogP contribution in [0.4, 0.5) is 11.4 Å². The Morgan fingerprint density at radius 3 is 1.82 bits per heavy atom. The van der Waals surface area contributed by atoms with Gasteiger partial charge in [-0.15, -0.1) is 5.53 Å².